The molecule has 3 atom stereocenters. The summed E-state index contributed by atoms with van der Waals surface area (Å²) in [5.74, 6) is 0.0439. The molecule has 4 rings (SSSR count). The van der Waals surface area contributed by atoms with E-state index in [0.717, 1.165) is 30.8 Å². The minimum Gasteiger partial charge on any atom is -0.353 e. The van der Waals surface area contributed by atoms with Crippen molar-refractivity contribution in [3.05, 3.63) is 22.4 Å². The summed E-state index contributed by atoms with van der Waals surface area (Å²) in [6, 6.07) is 2.95. The summed E-state index contributed by atoms with van der Waals surface area (Å²) in [4.78, 5) is 40.7. The van der Waals surface area contributed by atoms with E-state index < -0.39 is 12.1 Å². The standard InChI is InChI=1S/C19H26N4O3S/c24-17(12-3-6-20-7-4-12)21-13-5-8-23-16(10-13)18(25)22-15(19(23)26)11-14-2-1-9-27-14/h1-2,9,12-13,15-16,20H,3-8,10-11H2,(H,21,24)(H,22,25). The van der Waals surface area contributed by atoms with Crippen LogP contribution in [0, 0.1) is 5.92 Å². The molecule has 0 bridgehead atoms. The average molecular weight is 391 g/mol. The third kappa shape index (κ3) is 4.01. The number of nitrogens with one attached hydrogen (secondary N) is 3. The van der Waals surface area contributed by atoms with E-state index in [4.69, 9.17) is 0 Å². The lowest BCUT2D eigenvalue weighted by atomic mass is 9.91. The van der Waals surface area contributed by atoms with Crippen LogP contribution in [0.4, 0.5) is 0 Å². The Morgan fingerprint density at radius 1 is 1.26 bits per heavy atom. The monoisotopic (exact) mass is 390 g/mol. The minimum absolute atomic E-state index is 0.00358. The normalized spacial score (nSPS) is 29.2. The number of nitrogens with zero attached hydrogens (tertiary/aromatic N) is 1. The topological polar surface area (TPSA) is 90.5 Å². The Morgan fingerprint density at radius 3 is 2.81 bits per heavy atom. The number of fused-ring (bicyclic) bond motifs is 1. The van der Waals surface area contributed by atoms with Crippen molar-refractivity contribution in [3.8, 4) is 0 Å². The third-order valence-corrected chi connectivity index (χ3v) is 6.74. The smallest absolute Gasteiger partial charge is 0.246 e. The molecular formula is C19H26N4O3S. The molecule has 0 radical (unpaired) electrons. The van der Waals surface area contributed by atoms with Gasteiger partial charge in [0, 0.05) is 29.8 Å². The maximum atomic E-state index is 12.8. The van der Waals surface area contributed by atoms with Gasteiger partial charge in [0.15, 0.2) is 0 Å². The molecule has 3 aliphatic heterocycles. The van der Waals surface area contributed by atoms with Gasteiger partial charge in [0.05, 0.1) is 0 Å². The van der Waals surface area contributed by atoms with Crippen molar-refractivity contribution < 1.29 is 14.4 Å². The molecule has 3 saturated heterocycles. The second kappa shape index (κ2) is 7.98. The van der Waals surface area contributed by atoms with Crippen LogP contribution >= 0.6 is 11.3 Å². The van der Waals surface area contributed by atoms with Gasteiger partial charge in [-0.3, -0.25) is 14.4 Å². The van der Waals surface area contributed by atoms with Gasteiger partial charge in [0.2, 0.25) is 17.7 Å². The molecule has 7 nitrogen and oxygen atoms in total. The molecule has 1 aromatic heterocycles. The third-order valence-electron chi connectivity index (χ3n) is 5.84. The Hall–Kier alpha value is -1.93. The van der Waals surface area contributed by atoms with E-state index in [1.165, 1.54) is 0 Å². The van der Waals surface area contributed by atoms with Gasteiger partial charge in [-0.05, 0) is 50.2 Å². The van der Waals surface area contributed by atoms with Gasteiger partial charge >= 0.3 is 0 Å². The molecule has 3 unspecified atom stereocenters. The predicted octanol–water partition coefficient (Wildman–Crippen LogP) is 0.264. The second-order valence-corrected chi connectivity index (χ2v) is 8.68. The molecule has 0 aliphatic carbocycles. The van der Waals surface area contributed by atoms with E-state index in [9.17, 15) is 14.4 Å². The van der Waals surface area contributed by atoms with Crippen molar-refractivity contribution in [1.82, 2.24) is 20.9 Å². The first-order valence-corrected chi connectivity index (χ1v) is 10.6. The Balaban J connectivity index is 1.35. The molecular weight excluding hydrogens is 364 g/mol. The minimum atomic E-state index is -0.478. The Morgan fingerprint density at radius 2 is 2.07 bits per heavy atom. The van der Waals surface area contributed by atoms with Crippen molar-refractivity contribution in [2.45, 2.75) is 50.2 Å². The van der Waals surface area contributed by atoms with Crippen LogP contribution in [0.25, 0.3) is 0 Å². The van der Waals surface area contributed by atoms with E-state index in [0.29, 0.717) is 25.8 Å². The predicted molar refractivity (Wildman–Crippen MR) is 102 cm³/mol. The van der Waals surface area contributed by atoms with Crippen LogP contribution in [0.3, 0.4) is 0 Å². The number of rotatable bonds is 4. The zero-order valence-corrected chi connectivity index (χ0v) is 16.1. The summed E-state index contributed by atoms with van der Waals surface area (Å²) in [6.45, 7) is 2.28. The van der Waals surface area contributed by atoms with Gasteiger partial charge in [0.25, 0.3) is 0 Å². The lowest BCUT2D eigenvalue weighted by Crippen LogP contribution is -2.67. The first-order chi connectivity index (χ1) is 13.1. The molecule has 0 saturated carbocycles. The molecule has 3 N–H and O–H groups in total. The van der Waals surface area contributed by atoms with Crippen LogP contribution < -0.4 is 16.0 Å². The molecule has 8 heteroatoms. The van der Waals surface area contributed by atoms with E-state index in [1.54, 1.807) is 16.2 Å². The summed E-state index contributed by atoms with van der Waals surface area (Å²) < 4.78 is 0. The fourth-order valence-corrected chi connectivity index (χ4v) is 5.06. The number of amides is 3. The zero-order chi connectivity index (χ0) is 18.8. The van der Waals surface area contributed by atoms with Gasteiger partial charge in [-0.15, -0.1) is 11.3 Å². The van der Waals surface area contributed by atoms with E-state index in [-0.39, 0.29) is 29.7 Å². The molecule has 3 aliphatic rings. The molecule has 0 spiro atoms. The highest BCUT2D eigenvalue weighted by Gasteiger charge is 2.44. The molecule has 4 heterocycles. The molecule has 3 fully saturated rings. The van der Waals surface area contributed by atoms with Crippen LogP contribution in [-0.4, -0.2) is 60.4 Å². The van der Waals surface area contributed by atoms with Gasteiger partial charge in [-0.1, -0.05) is 6.07 Å². The number of hydrogen-bond acceptors (Lipinski definition) is 5. The highest BCUT2D eigenvalue weighted by Crippen LogP contribution is 2.25. The largest absolute Gasteiger partial charge is 0.353 e. The van der Waals surface area contributed by atoms with Crippen molar-refractivity contribution >= 4 is 29.1 Å². The molecule has 1 aromatic rings. The quantitative estimate of drug-likeness (QED) is 0.688. The van der Waals surface area contributed by atoms with E-state index >= 15 is 0 Å². The molecule has 0 aromatic carbocycles. The molecule has 3 amide bonds. The molecule has 27 heavy (non-hydrogen) atoms. The first-order valence-electron chi connectivity index (χ1n) is 9.76. The Labute approximate surface area is 162 Å². The average Bonchev–Trinajstić information content (AvgIpc) is 3.20. The fourth-order valence-electron chi connectivity index (χ4n) is 4.31. The highest BCUT2D eigenvalue weighted by atomic mass is 32.1. The number of piperidine rings is 2. The van der Waals surface area contributed by atoms with Crippen LogP contribution in [0.15, 0.2) is 17.5 Å². The van der Waals surface area contributed by atoms with Crippen molar-refractivity contribution in [2.75, 3.05) is 19.6 Å². The van der Waals surface area contributed by atoms with Gasteiger partial charge < -0.3 is 20.9 Å². The number of hydrogen-bond donors (Lipinski definition) is 3. The Bertz CT molecular complexity index is 702. The summed E-state index contributed by atoms with van der Waals surface area (Å²) in [6.07, 6.45) is 3.47. The summed E-state index contributed by atoms with van der Waals surface area (Å²) in [7, 11) is 0. The van der Waals surface area contributed by atoms with Gasteiger partial charge in [-0.2, -0.15) is 0 Å². The lowest BCUT2D eigenvalue weighted by Gasteiger charge is -2.44. The number of piperazine rings is 1. The van der Waals surface area contributed by atoms with E-state index in [2.05, 4.69) is 16.0 Å². The van der Waals surface area contributed by atoms with Crippen LogP contribution in [0.5, 0.6) is 0 Å². The second-order valence-electron chi connectivity index (χ2n) is 7.65. The summed E-state index contributed by atoms with van der Waals surface area (Å²) in [5, 5.41) is 11.3. The number of carbonyl (C=O) groups excluding carboxylic acids is 3. The highest BCUT2D eigenvalue weighted by molar-refractivity contribution is 7.09. The fraction of sp³-hybridized carbons (Fsp3) is 0.632. The first kappa shape index (κ1) is 18.4. The summed E-state index contributed by atoms with van der Waals surface area (Å²) in [5.41, 5.74) is 0. The van der Waals surface area contributed by atoms with Crippen molar-refractivity contribution in [3.63, 3.8) is 0 Å². The van der Waals surface area contributed by atoms with Gasteiger partial charge in [-0.25, -0.2) is 0 Å². The van der Waals surface area contributed by atoms with Crippen molar-refractivity contribution in [2.24, 2.45) is 5.92 Å². The number of thiophene rings is 1. The SMILES string of the molecule is O=C(NC1CCN2C(=O)C(Cc3cccs3)NC(=O)C2C1)C1CCNCC1. The maximum absolute atomic E-state index is 12.8. The van der Waals surface area contributed by atoms with Crippen LogP contribution in [-0.2, 0) is 20.8 Å². The van der Waals surface area contributed by atoms with Crippen molar-refractivity contribution in [1.29, 1.82) is 0 Å². The van der Waals surface area contributed by atoms with Crippen LogP contribution in [0.1, 0.15) is 30.6 Å². The molecule has 146 valence electrons. The van der Waals surface area contributed by atoms with E-state index in [1.807, 2.05) is 17.5 Å². The summed E-state index contributed by atoms with van der Waals surface area (Å²) >= 11 is 1.60. The van der Waals surface area contributed by atoms with Crippen LogP contribution in [0.2, 0.25) is 0 Å². The lowest BCUT2D eigenvalue weighted by molar-refractivity contribution is -0.151. The van der Waals surface area contributed by atoms with Gasteiger partial charge in [0.1, 0.15) is 12.1 Å². The maximum Gasteiger partial charge on any atom is 0.246 e. The zero-order valence-electron chi connectivity index (χ0n) is 15.3. The number of carbonyl (C=O) groups is 3. The Kier molecular flexibility index (Phi) is 5.45.